The molecule has 0 aliphatic carbocycles. The molecule has 2 saturated heterocycles. The lowest BCUT2D eigenvalue weighted by Gasteiger charge is -2.31. The molecule has 1 aromatic carbocycles. The first-order valence-electron chi connectivity index (χ1n) is 10.6. The fourth-order valence-corrected chi connectivity index (χ4v) is 4.46. The SMILES string of the molecule is Cc1nn(C)c(C)c1/C(O)=C1\C(=O)C(=O)N(CCN2CCOCC2)[C@@H]1c1ccccc1F. The Morgan fingerprint density at radius 2 is 1.88 bits per heavy atom. The van der Waals surface area contributed by atoms with Gasteiger partial charge in [0.2, 0.25) is 0 Å². The van der Waals surface area contributed by atoms with E-state index in [1.54, 1.807) is 43.8 Å². The predicted molar refractivity (Wildman–Crippen MR) is 115 cm³/mol. The van der Waals surface area contributed by atoms with Crippen LogP contribution >= 0.6 is 0 Å². The Morgan fingerprint density at radius 3 is 2.50 bits per heavy atom. The van der Waals surface area contributed by atoms with Gasteiger partial charge in [0.05, 0.1) is 36.1 Å². The van der Waals surface area contributed by atoms with Gasteiger partial charge in [-0.3, -0.25) is 19.2 Å². The van der Waals surface area contributed by atoms with Crippen LogP contribution in [0.2, 0.25) is 0 Å². The zero-order valence-electron chi connectivity index (χ0n) is 18.5. The molecule has 170 valence electrons. The van der Waals surface area contributed by atoms with Crippen LogP contribution in [0.3, 0.4) is 0 Å². The number of likely N-dealkylation sites (tertiary alicyclic amines) is 1. The Labute approximate surface area is 185 Å². The number of carbonyl (C=O) groups excluding carboxylic acids is 2. The van der Waals surface area contributed by atoms with Crippen LogP contribution in [-0.4, -0.2) is 75.8 Å². The van der Waals surface area contributed by atoms with Crippen LogP contribution in [0.1, 0.15) is 28.6 Å². The highest BCUT2D eigenvalue weighted by Crippen LogP contribution is 2.41. The third kappa shape index (κ3) is 3.82. The largest absolute Gasteiger partial charge is 0.507 e. The van der Waals surface area contributed by atoms with Gasteiger partial charge in [-0.2, -0.15) is 5.10 Å². The van der Waals surface area contributed by atoms with Gasteiger partial charge in [0.15, 0.2) is 0 Å². The van der Waals surface area contributed by atoms with Crippen LogP contribution < -0.4 is 0 Å². The van der Waals surface area contributed by atoms with Crippen molar-refractivity contribution in [3.63, 3.8) is 0 Å². The van der Waals surface area contributed by atoms with Crippen LogP contribution in [0, 0.1) is 19.7 Å². The molecule has 0 unspecified atom stereocenters. The van der Waals surface area contributed by atoms with Crippen molar-refractivity contribution in [2.24, 2.45) is 7.05 Å². The summed E-state index contributed by atoms with van der Waals surface area (Å²) in [6.45, 7) is 6.89. The molecule has 0 bridgehead atoms. The number of hydrogen-bond donors (Lipinski definition) is 1. The number of morpholine rings is 1. The number of aliphatic hydroxyl groups is 1. The molecule has 9 heteroatoms. The zero-order valence-corrected chi connectivity index (χ0v) is 18.5. The standard InChI is InChI=1S/C23H27FN4O4/c1-14-18(15(2)26(3)25-14)21(29)19-20(16-6-4-5-7-17(16)24)28(23(31)22(19)30)9-8-27-10-12-32-13-11-27/h4-7,20,29H,8-13H2,1-3H3/b21-19+/t20-/m1/s1. The maximum atomic E-state index is 14.9. The van der Waals surface area contributed by atoms with Crippen LogP contribution in [0.5, 0.6) is 0 Å². The summed E-state index contributed by atoms with van der Waals surface area (Å²) in [6.07, 6.45) is 0. The van der Waals surface area contributed by atoms with E-state index in [1.807, 2.05) is 0 Å². The van der Waals surface area contributed by atoms with Gasteiger partial charge in [-0.1, -0.05) is 18.2 Å². The summed E-state index contributed by atoms with van der Waals surface area (Å²) in [5.74, 6) is -2.43. The number of nitrogens with zero attached hydrogens (tertiary/aromatic N) is 4. The lowest BCUT2D eigenvalue weighted by Crippen LogP contribution is -2.42. The number of hydrogen-bond acceptors (Lipinski definition) is 6. The van der Waals surface area contributed by atoms with Gasteiger partial charge in [-0.25, -0.2) is 4.39 Å². The van der Waals surface area contributed by atoms with Crippen molar-refractivity contribution in [2.75, 3.05) is 39.4 Å². The molecule has 2 fully saturated rings. The number of ether oxygens (including phenoxy) is 1. The van der Waals surface area contributed by atoms with Crippen LogP contribution in [-0.2, 0) is 21.4 Å². The fraction of sp³-hybridized carbons (Fsp3) is 0.435. The summed E-state index contributed by atoms with van der Waals surface area (Å²) in [7, 11) is 1.73. The zero-order chi connectivity index (χ0) is 23.0. The highest BCUT2D eigenvalue weighted by atomic mass is 19.1. The predicted octanol–water partition coefficient (Wildman–Crippen LogP) is 1.93. The minimum absolute atomic E-state index is 0.110. The van der Waals surface area contributed by atoms with Crippen molar-refractivity contribution in [1.82, 2.24) is 19.6 Å². The van der Waals surface area contributed by atoms with Gasteiger partial charge >= 0.3 is 0 Å². The normalized spacial score (nSPS) is 21.5. The molecule has 1 aromatic heterocycles. The van der Waals surface area contributed by atoms with Crippen molar-refractivity contribution in [1.29, 1.82) is 0 Å². The molecule has 2 aliphatic heterocycles. The summed E-state index contributed by atoms with van der Waals surface area (Å²) in [4.78, 5) is 29.7. The molecule has 1 N–H and O–H groups in total. The maximum absolute atomic E-state index is 14.9. The van der Waals surface area contributed by atoms with Gasteiger partial charge in [-0.05, 0) is 19.9 Å². The van der Waals surface area contributed by atoms with Gasteiger partial charge in [0, 0.05) is 44.5 Å². The smallest absolute Gasteiger partial charge is 0.295 e. The van der Waals surface area contributed by atoms with Gasteiger partial charge < -0.3 is 14.7 Å². The third-order valence-electron chi connectivity index (χ3n) is 6.25. The van der Waals surface area contributed by atoms with E-state index in [9.17, 15) is 19.1 Å². The van der Waals surface area contributed by atoms with E-state index in [1.165, 1.54) is 11.0 Å². The van der Waals surface area contributed by atoms with Crippen LogP contribution in [0.15, 0.2) is 29.8 Å². The minimum atomic E-state index is -1.02. The quantitative estimate of drug-likeness (QED) is 0.433. The van der Waals surface area contributed by atoms with Crippen molar-refractivity contribution in [2.45, 2.75) is 19.9 Å². The monoisotopic (exact) mass is 442 g/mol. The molecule has 1 amide bonds. The highest BCUT2D eigenvalue weighted by Gasteiger charge is 2.47. The summed E-state index contributed by atoms with van der Waals surface area (Å²) in [6, 6.07) is 5.02. The Hall–Kier alpha value is -3.04. The fourth-order valence-electron chi connectivity index (χ4n) is 4.46. The van der Waals surface area contributed by atoms with Gasteiger partial charge in [-0.15, -0.1) is 0 Å². The first kappa shape index (κ1) is 22.2. The Bertz CT molecular complexity index is 1090. The minimum Gasteiger partial charge on any atom is -0.507 e. The number of aliphatic hydroxyl groups excluding tert-OH is 1. The first-order chi connectivity index (χ1) is 15.3. The number of aryl methyl sites for hydroxylation is 2. The van der Waals surface area contributed by atoms with E-state index < -0.39 is 23.5 Å². The van der Waals surface area contributed by atoms with E-state index in [-0.39, 0.29) is 23.4 Å². The number of halogens is 1. The van der Waals surface area contributed by atoms with E-state index >= 15 is 0 Å². The average molecular weight is 442 g/mol. The number of aromatic nitrogens is 2. The molecule has 2 aromatic rings. The van der Waals surface area contributed by atoms with Crippen molar-refractivity contribution in [3.05, 3.63) is 58.2 Å². The number of rotatable bonds is 5. The maximum Gasteiger partial charge on any atom is 0.295 e. The summed E-state index contributed by atoms with van der Waals surface area (Å²) >= 11 is 0. The topological polar surface area (TPSA) is 87.9 Å². The number of benzene rings is 1. The summed E-state index contributed by atoms with van der Waals surface area (Å²) < 4.78 is 21.8. The second kappa shape index (κ2) is 8.84. The van der Waals surface area contributed by atoms with Gasteiger partial charge in [0.25, 0.3) is 11.7 Å². The van der Waals surface area contributed by atoms with Gasteiger partial charge in [0.1, 0.15) is 11.6 Å². The first-order valence-corrected chi connectivity index (χ1v) is 10.6. The van der Waals surface area contributed by atoms with E-state index in [4.69, 9.17) is 4.74 Å². The van der Waals surface area contributed by atoms with E-state index in [0.717, 1.165) is 13.1 Å². The lowest BCUT2D eigenvalue weighted by atomic mass is 9.94. The number of carbonyl (C=O) groups is 2. The van der Waals surface area contributed by atoms with Crippen molar-refractivity contribution >= 4 is 17.4 Å². The Kier molecular flexibility index (Phi) is 6.12. The molecule has 2 aliphatic rings. The molecule has 32 heavy (non-hydrogen) atoms. The second-order valence-corrected chi connectivity index (χ2v) is 8.14. The molecule has 0 radical (unpaired) electrons. The van der Waals surface area contributed by atoms with Crippen molar-refractivity contribution < 1.29 is 23.8 Å². The van der Waals surface area contributed by atoms with Crippen molar-refractivity contribution in [3.8, 4) is 0 Å². The number of Topliss-reactive ketones (excluding diaryl/α,β-unsaturated/α-hetero) is 1. The molecule has 8 nitrogen and oxygen atoms in total. The molecule has 4 rings (SSSR count). The molecular weight excluding hydrogens is 415 g/mol. The lowest BCUT2D eigenvalue weighted by molar-refractivity contribution is -0.140. The highest BCUT2D eigenvalue weighted by molar-refractivity contribution is 6.46. The third-order valence-corrected chi connectivity index (χ3v) is 6.25. The molecule has 0 saturated carbocycles. The van der Waals surface area contributed by atoms with Crippen LogP contribution in [0.4, 0.5) is 4.39 Å². The molecular formula is C23H27FN4O4. The molecule has 0 spiro atoms. The molecule has 1 atom stereocenters. The number of ketones is 1. The Morgan fingerprint density at radius 1 is 1.19 bits per heavy atom. The summed E-state index contributed by atoms with van der Waals surface area (Å²) in [5, 5.41) is 15.5. The van der Waals surface area contributed by atoms with Crippen LogP contribution in [0.25, 0.3) is 5.76 Å². The Balaban J connectivity index is 1.80. The average Bonchev–Trinajstić information content (AvgIpc) is 3.18. The summed E-state index contributed by atoms with van der Waals surface area (Å²) in [5.41, 5.74) is 1.62. The van der Waals surface area contributed by atoms with E-state index in [0.29, 0.717) is 36.7 Å². The van der Waals surface area contributed by atoms with E-state index in [2.05, 4.69) is 10.00 Å². The number of amides is 1. The molecule has 3 heterocycles. The second-order valence-electron chi connectivity index (χ2n) is 8.14.